The number of aromatic nitrogens is 1. The largest absolute Gasteiger partial charge is 0.495 e. The Morgan fingerprint density at radius 3 is 2.71 bits per heavy atom. The number of ether oxygens (including phenoxy) is 2. The Morgan fingerprint density at radius 2 is 2.00 bits per heavy atom. The number of hydrogen-bond donors (Lipinski definition) is 0. The van der Waals surface area contributed by atoms with E-state index in [1.807, 2.05) is 6.07 Å². The van der Waals surface area contributed by atoms with Crippen LogP contribution in [0.25, 0.3) is 10.2 Å². The molecule has 1 aliphatic heterocycles. The van der Waals surface area contributed by atoms with Crippen molar-refractivity contribution in [3.63, 3.8) is 0 Å². The van der Waals surface area contributed by atoms with Gasteiger partial charge in [-0.25, -0.2) is 0 Å². The Labute approximate surface area is 173 Å². The fourth-order valence-electron chi connectivity index (χ4n) is 3.58. The fraction of sp³-hybridized carbons (Fsp3) is 0.381. The summed E-state index contributed by atoms with van der Waals surface area (Å²) < 4.78 is 12.9. The summed E-state index contributed by atoms with van der Waals surface area (Å²) >= 11 is 7.73. The molecule has 0 aliphatic carbocycles. The highest BCUT2D eigenvalue weighted by molar-refractivity contribution is 7.20. The molecule has 1 aromatic carbocycles. The molecule has 2 aromatic heterocycles. The second-order valence-electron chi connectivity index (χ2n) is 6.94. The molecule has 4 rings (SSSR count). The van der Waals surface area contributed by atoms with Gasteiger partial charge in [0.2, 0.25) is 5.78 Å². The summed E-state index contributed by atoms with van der Waals surface area (Å²) in [6, 6.07) is 9.30. The van der Waals surface area contributed by atoms with Crippen molar-refractivity contribution in [2.24, 2.45) is 0 Å². The molecule has 0 bridgehead atoms. The van der Waals surface area contributed by atoms with Gasteiger partial charge in [-0.2, -0.15) is 0 Å². The quantitative estimate of drug-likeness (QED) is 0.562. The highest BCUT2D eigenvalue weighted by Crippen LogP contribution is 2.32. The molecule has 7 heteroatoms. The summed E-state index contributed by atoms with van der Waals surface area (Å²) in [5.41, 5.74) is 1.80. The van der Waals surface area contributed by atoms with Crippen LogP contribution < -0.4 is 4.74 Å². The lowest BCUT2D eigenvalue weighted by atomic mass is 10.1. The maximum absolute atomic E-state index is 12.9. The molecular formula is C21H23ClN2O3S. The maximum Gasteiger partial charge on any atom is 0.203 e. The van der Waals surface area contributed by atoms with Crippen molar-refractivity contribution >= 4 is 38.9 Å². The van der Waals surface area contributed by atoms with Crippen LogP contribution in [0.15, 0.2) is 30.3 Å². The molecule has 0 radical (unpaired) electrons. The van der Waals surface area contributed by atoms with Crippen molar-refractivity contribution in [3.8, 4) is 5.75 Å². The summed E-state index contributed by atoms with van der Waals surface area (Å²) in [6.07, 6.45) is 0. The van der Waals surface area contributed by atoms with Crippen molar-refractivity contribution in [1.82, 2.24) is 9.47 Å². The van der Waals surface area contributed by atoms with E-state index in [9.17, 15) is 4.79 Å². The number of methoxy groups -OCH3 is 1. The van der Waals surface area contributed by atoms with Crippen molar-refractivity contribution in [2.75, 3.05) is 40.0 Å². The molecule has 0 unspecified atom stereocenters. The van der Waals surface area contributed by atoms with Crippen LogP contribution in [0.5, 0.6) is 5.75 Å². The maximum atomic E-state index is 12.9. The molecular weight excluding hydrogens is 396 g/mol. The molecule has 1 aliphatic rings. The number of aryl methyl sites for hydroxylation is 1. The molecule has 0 spiro atoms. The average molecular weight is 419 g/mol. The molecule has 3 aromatic rings. The number of thiophene rings is 1. The Kier molecular flexibility index (Phi) is 5.73. The van der Waals surface area contributed by atoms with Gasteiger partial charge in [-0.15, -0.1) is 11.3 Å². The number of carbonyl (C=O) groups excluding carboxylic acids is 1. The van der Waals surface area contributed by atoms with Crippen LogP contribution >= 0.6 is 22.9 Å². The molecule has 5 nitrogen and oxygen atoms in total. The summed E-state index contributed by atoms with van der Waals surface area (Å²) in [7, 11) is 1.56. The van der Waals surface area contributed by atoms with E-state index in [0.29, 0.717) is 16.3 Å². The number of morpholine rings is 1. The number of ketones is 1. The Hall–Kier alpha value is -1.86. The molecule has 28 heavy (non-hydrogen) atoms. The smallest absolute Gasteiger partial charge is 0.203 e. The highest BCUT2D eigenvalue weighted by Gasteiger charge is 2.18. The molecule has 0 N–H and O–H groups in total. The van der Waals surface area contributed by atoms with Crippen LogP contribution in [0.2, 0.25) is 5.02 Å². The summed E-state index contributed by atoms with van der Waals surface area (Å²) in [6.45, 7) is 7.61. The Bertz CT molecular complexity index is 1000. The van der Waals surface area contributed by atoms with Crippen LogP contribution in [0.3, 0.4) is 0 Å². The minimum Gasteiger partial charge on any atom is -0.495 e. The Morgan fingerprint density at radius 1 is 1.21 bits per heavy atom. The van der Waals surface area contributed by atoms with Gasteiger partial charge in [-0.3, -0.25) is 9.69 Å². The Balaban J connectivity index is 1.56. The normalized spacial score (nSPS) is 15.2. The number of hydrogen-bond acceptors (Lipinski definition) is 5. The van der Waals surface area contributed by atoms with Crippen molar-refractivity contribution < 1.29 is 14.3 Å². The molecule has 1 fully saturated rings. The van der Waals surface area contributed by atoms with Gasteiger partial charge in [0.05, 0.1) is 30.2 Å². The molecule has 3 heterocycles. The molecule has 1 saturated heterocycles. The lowest BCUT2D eigenvalue weighted by Gasteiger charge is -2.26. The predicted molar refractivity (Wildman–Crippen MR) is 113 cm³/mol. The van der Waals surface area contributed by atoms with Gasteiger partial charge in [0, 0.05) is 42.8 Å². The number of carbonyl (C=O) groups is 1. The first kappa shape index (κ1) is 19.5. The zero-order valence-corrected chi connectivity index (χ0v) is 17.6. The van der Waals surface area contributed by atoms with E-state index in [2.05, 4.69) is 22.5 Å². The fourth-order valence-corrected chi connectivity index (χ4v) is 5.02. The van der Waals surface area contributed by atoms with Gasteiger partial charge in [-0.05, 0) is 37.3 Å². The van der Waals surface area contributed by atoms with Gasteiger partial charge < -0.3 is 14.0 Å². The summed E-state index contributed by atoms with van der Waals surface area (Å²) in [5, 5.41) is 1.56. The molecule has 148 valence electrons. The van der Waals surface area contributed by atoms with Crippen LogP contribution in [0, 0.1) is 6.92 Å². The minimum absolute atomic E-state index is 0.0110. The van der Waals surface area contributed by atoms with Crippen LogP contribution in [-0.2, 0) is 11.3 Å². The van der Waals surface area contributed by atoms with Gasteiger partial charge in [0.25, 0.3) is 0 Å². The highest BCUT2D eigenvalue weighted by atomic mass is 35.5. The van der Waals surface area contributed by atoms with Crippen molar-refractivity contribution in [3.05, 3.63) is 51.5 Å². The molecule has 0 amide bonds. The number of benzene rings is 1. The van der Waals surface area contributed by atoms with E-state index in [0.717, 1.165) is 54.5 Å². The number of fused-ring (bicyclic) bond motifs is 1. The van der Waals surface area contributed by atoms with Crippen molar-refractivity contribution in [2.45, 2.75) is 13.5 Å². The van der Waals surface area contributed by atoms with Crippen LogP contribution in [-0.4, -0.2) is 55.2 Å². The monoisotopic (exact) mass is 418 g/mol. The zero-order valence-electron chi connectivity index (χ0n) is 16.0. The van der Waals surface area contributed by atoms with Gasteiger partial charge in [0.1, 0.15) is 10.6 Å². The van der Waals surface area contributed by atoms with Gasteiger partial charge in [0.15, 0.2) is 0 Å². The van der Waals surface area contributed by atoms with E-state index >= 15 is 0 Å². The standard InChI is InChI=1S/C21H23ClN2O3S/c1-14-11-16-13-19(20(25)15-3-4-18(26-2)17(22)12-15)28-21(16)24(14)6-5-23-7-9-27-10-8-23/h3-4,11-13H,5-10H2,1-2H3. The van der Waals surface area contributed by atoms with Gasteiger partial charge in [-0.1, -0.05) is 11.6 Å². The first-order chi connectivity index (χ1) is 13.6. The topological polar surface area (TPSA) is 43.7 Å². The van der Waals surface area contributed by atoms with Crippen molar-refractivity contribution in [1.29, 1.82) is 0 Å². The van der Waals surface area contributed by atoms with Crippen LogP contribution in [0.4, 0.5) is 0 Å². The van der Waals surface area contributed by atoms with E-state index in [4.69, 9.17) is 21.1 Å². The first-order valence-electron chi connectivity index (χ1n) is 9.35. The third-order valence-corrected chi connectivity index (χ3v) is 6.62. The predicted octanol–water partition coefficient (Wildman–Crippen LogP) is 4.24. The molecule has 0 saturated carbocycles. The van der Waals surface area contributed by atoms with E-state index < -0.39 is 0 Å². The number of halogens is 1. The second kappa shape index (κ2) is 8.25. The SMILES string of the molecule is COc1ccc(C(=O)c2cc3cc(C)n(CCN4CCOCC4)c3s2)cc1Cl. The summed E-state index contributed by atoms with van der Waals surface area (Å²) in [4.78, 5) is 17.2. The zero-order chi connectivity index (χ0) is 19.7. The third-order valence-electron chi connectivity index (χ3n) is 5.16. The first-order valence-corrected chi connectivity index (χ1v) is 10.5. The number of rotatable bonds is 6. The van der Waals surface area contributed by atoms with Crippen LogP contribution in [0.1, 0.15) is 20.9 Å². The van der Waals surface area contributed by atoms with E-state index in [1.54, 1.807) is 36.6 Å². The lowest BCUT2D eigenvalue weighted by Crippen LogP contribution is -2.38. The summed E-state index contributed by atoms with van der Waals surface area (Å²) in [5.74, 6) is 0.558. The van der Waals surface area contributed by atoms with E-state index in [1.165, 1.54) is 5.69 Å². The third kappa shape index (κ3) is 3.82. The minimum atomic E-state index is -0.0110. The second-order valence-corrected chi connectivity index (χ2v) is 8.38. The molecule has 0 atom stereocenters. The average Bonchev–Trinajstić information content (AvgIpc) is 3.23. The van der Waals surface area contributed by atoms with E-state index in [-0.39, 0.29) is 5.78 Å². The number of nitrogens with zero attached hydrogens (tertiary/aromatic N) is 2. The van der Waals surface area contributed by atoms with Gasteiger partial charge >= 0.3 is 0 Å². The lowest BCUT2D eigenvalue weighted by molar-refractivity contribution is 0.0365.